The SMILES string of the molecule is Cc1ccccc1CN1CCc2nc(Nc3cccnc3Oc3ccccc3C(C)(C)C)sc2C1. The molecule has 4 aromatic rings. The molecule has 35 heavy (non-hydrogen) atoms. The van der Waals surface area contributed by atoms with Crippen molar-refractivity contribution in [1.82, 2.24) is 14.9 Å². The molecule has 0 unspecified atom stereocenters. The van der Waals surface area contributed by atoms with Gasteiger partial charge in [0.15, 0.2) is 5.13 Å². The number of ether oxygens (including phenoxy) is 1. The summed E-state index contributed by atoms with van der Waals surface area (Å²) in [6, 6.07) is 20.7. The van der Waals surface area contributed by atoms with E-state index in [1.807, 2.05) is 30.3 Å². The summed E-state index contributed by atoms with van der Waals surface area (Å²) < 4.78 is 6.33. The average molecular weight is 485 g/mol. The minimum atomic E-state index is -0.0303. The number of benzene rings is 2. The zero-order valence-electron chi connectivity index (χ0n) is 20.8. The summed E-state index contributed by atoms with van der Waals surface area (Å²) >= 11 is 1.72. The van der Waals surface area contributed by atoms with Gasteiger partial charge in [-0.1, -0.05) is 63.2 Å². The van der Waals surface area contributed by atoms with Crippen molar-refractivity contribution in [2.75, 3.05) is 11.9 Å². The molecule has 0 radical (unpaired) electrons. The third kappa shape index (κ3) is 5.39. The van der Waals surface area contributed by atoms with E-state index in [9.17, 15) is 0 Å². The van der Waals surface area contributed by atoms with Gasteiger partial charge in [0.05, 0.1) is 5.69 Å². The van der Waals surface area contributed by atoms with Crippen molar-refractivity contribution < 1.29 is 4.74 Å². The van der Waals surface area contributed by atoms with E-state index in [2.05, 4.69) is 73.2 Å². The Balaban J connectivity index is 1.33. The standard InChI is InChI=1S/C29H32N4OS/c1-20-10-5-6-11-21(20)18-33-17-15-23-26(19-33)35-28(31-23)32-24-13-9-16-30-27(24)34-25-14-8-7-12-22(25)29(2,3)4/h5-14,16H,15,17-19H2,1-4H3,(H,31,32). The third-order valence-electron chi connectivity index (χ3n) is 6.38. The number of hydrogen-bond acceptors (Lipinski definition) is 6. The first-order valence-corrected chi connectivity index (χ1v) is 12.9. The number of aromatic nitrogens is 2. The number of hydrogen-bond donors (Lipinski definition) is 1. The molecular weight excluding hydrogens is 452 g/mol. The number of para-hydroxylation sites is 1. The maximum Gasteiger partial charge on any atom is 0.243 e. The van der Waals surface area contributed by atoms with Gasteiger partial charge in [0.25, 0.3) is 0 Å². The van der Waals surface area contributed by atoms with Crippen molar-refractivity contribution in [3.8, 4) is 11.6 Å². The first-order chi connectivity index (χ1) is 16.9. The van der Waals surface area contributed by atoms with Crippen molar-refractivity contribution in [3.05, 3.63) is 94.1 Å². The number of anilines is 2. The van der Waals surface area contributed by atoms with Gasteiger partial charge in [-0.05, 0) is 41.7 Å². The Bertz CT molecular complexity index is 1320. The minimum absolute atomic E-state index is 0.0303. The van der Waals surface area contributed by atoms with Gasteiger partial charge in [-0.3, -0.25) is 4.90 Å². The van der Waals surface area contributed by atoms with Crippen molar-refractivity contribution in [2.45, 2.75) is 52.6 Å². The van der Waals surface area contributed by atoms with Crippen LogP contribution in [-0.2, 0) is 24.9 Å². The number of nitrogens with one attached hydrogen (secondary N) is 1. The van der Waals surface area contributed by atoms with Crippen LogP contribution in [0.5, 0.6) is 11.6 Å². The lowest BCUT2D eigenvalue weighted by Gasteiger charge is -2.26. The molecule has 1 N–H and O–H groups in total. The molecule has 0 saturated heterocycles. The Hall–Kier alpha value is -3.22. The lowest BCUT2D eigenvalue weighted by atomic mass is 9.86. The van der Waals surface area contributed by atoms with Gasteiger partial charge >= 0.3 is 0 Å². The molecule has 0 aliphatic carbocycles. The Labute approximate surface area is 211 Å². The van der Waals surface area contributed by atoms with Gasteiger partial charge in [-0.15, -0.1) is 11.3 Å². The van der Waals surface area contributed by atoms with Gasteiger partial charge in [0.1, 0.15) is 11.4 Å². The van der Waals surface area contributed by atoms with Crippen LogP contribution in [-0.4, -0.2) is 21.4 Å². The highest BCUT2D eigenvalue weighted by Gasteiger charge is 2.23. The minimum Gasteiger partial charge on any atom is -0.437 e. The van der Waals surface area contributed by atoms with E-state index in [1.54, 1.807) is 17.5 Å². The molecule has 1 aliphatic rings. The monoisotopic (exact) mass is 484 g/mol. The summed E-state index contributed by atoms with van der Waals surface area (Å²) in [7, 11) is 0. The summed E-state index contributed by atoms with van der Waals surface area (Å²) in [6.45, 7) is 11.7. The van der Waals surface area contributed by atoms with Gasteiger partial charge in [0, 0.05) is 42.7 Å². The van der Waals surface area contributed by atoms with Crippen LogP contribution >= 0.6 is 11.3 Å². The maximum atomic E-state index is 6.33. The highest BCUT2D eigenvalue weighted by Crippen LogP contribution is 2.37. The van der Waals surface area contributed by atoms with E-state index in [4.69, 9.17) is 9.72 Å². The molecule has 0 spiro atoms. The van der Waals surface area contributed by atoms with Crippen LogP contribution < -0.4 is 10.1 Å². The molecule has 0 bridgehead atoms. The van der Waals surface area contributed by atoms with Crippen molar-refractivity contribution in [1.29, 1.82) is 0 Å². The Kier molecular flexibility index (Phi) is 6.58. The Morgan fingerprint density at radius 3 is 2.66 bits per heavy atom. The number of aryl methyl sites for hydroxylation is 1. The topological polar surface area (TPSA) is 50.3 Å². The molecular formula is C29H32N4OS. The molecule has 0 amide bonds. The van der Waals surface area contributed by atoms with Crippen LogP contribution in [0.25, 0.3) is 0 Å². The predicted molar refractivity (Wildman–Crippen MR) is 144 cm³/mol. The van der Waals surface area contributed by atoms with E-state index in [0.29, 0.717) is 5.88 Å². The maximum absolute atomic E-state index is 6.33. The molecule has 5 nitrogen and oxygen atoms in total. The lowest BCUT2D eigenvalue weighted by molar-refractivity contribution is 0.246. The zero-order chi connectivity index (χ0) is 24.4. The Morgan fingerprint density at radius 1 is 1.03 bits per heavy atom. The van der Waals surface area contributed by atoms with Crippen LogP contribution in [0.1, 0.15) is 48.0 Å². The quantitative estimate of drug-likeness (QED) is 0.313. The summed E-state index contributed by atoms with van der Waals surface area (Å²) in [5.74, 6) is 1.38. The van der Waals surface area contributed by atoms with Gasteiger partial charge < -0.3 is 10.1 Å². The third-order valence-corrected chi connectivity index (χ3v) is 7.38. The van der Waals surface area contributed by atoms with Gasteiger partial charge in [0.2, 0.25) is 5.88 Å². The number of pyridine rings is 1. The number of thiazole rings is 1. The summed E-state index contributed by atoms with van der Waals surface area (Å²) in [6.07, 6.45) is 2.73. The molecule has 3 heterocycles. The molecule has 180 valence electrons. The normalized spacial score (nSPS) is 13.9. The molecule has 1 aliphatic heterocycles. The average Bonchev–Trinajstić information content (AvgIpc) is 3.23. The molecule has 2 aromatic carbocycles. The smallest absolute Gasteiger partial charge is 0.243 e. The second kappa shape index (κ2) is 9.80. The molecule has 2 aromatic heterocycles. The molecule has 5 rings (SSSR count). The van der Waals surface area contributed by atoms with Crippen molar-refractivity contribution >= 4 is 22.2 Å². The first-order valence-electron chi connectivity index (χ1n) is 12.1. The van der Waals surface area contributed by atoms with Crippen molar-refractivity contribution in [3.63, 3.8) is 0 Å². The fourth-order valence-corrected chi connectivity index (χ4v) is 5.49. The molecule has 0 fully saturated rings. The summed E-state index contributed by atoms with van der Waals surface area (Å²) in [5.41, 5.74) is 5.88. The lowest BCUT2D eigenvalue weighted by Crippen LogP contribution is -2.29. The highest BCUT2D eigenvalue weighted by atomic mass is 32.1. The molecule has 0 atom stereocenters. The van der Waals surface area contributed by atoms with E-state index < -0.39 is 0 Å². The fourth-order valence-electron chi connectivity index (χ4n) is 4.43. The van der Waals surface area contributed by atoms with Crippen LogP contribution in [0.4, 0.5) is 10.8 Å². The number of rotatable bonds is 6. The van der Waals surface area contributed by atoms with Crippen LogP contribution in [0.15, 0.2) is 66.9 Å². The van der Waals surface area contributed by atoms with E-state index in [1.165, 1.54) is 21.7 Å². The Morgan fingerprint density at radius 2 is 1.83 bits per heavy atom. The van der Waals surface area contributed by atoms with Gasteiger partial charge in [-0.25, -0.2) is 9.97 Å². The van der Waals surface area contributed by atoms with Crippen LogP contribution in [0, 0.1) is 6.92 Å². The van der Waals surface area contributed by atoms with Gasteiger partial charge in [-0.2, -0.15) is 0 Å². The van der Waals surface area contributed by atoms with Crippen LogP contribution in [0.3, 0.4) is 0 Å². The largest absolute Gasteiger partial charge is 0.437 e. The summed E-state index contributed by atoms with van der Waals surface area (Å²) in [5, 5.41) is 4.37. The molecule has 6 heteroatoms. The van der Waals surface area contributed by atoms with E-state index in [0.717, 1.165) is 48.2 Å². The number of nitrogens with zero attached hydrogens (tertiary/aromatic N) is 3. The highest BCUT2D eigenvalue weighted by molar-refractivity contribution is 7.15. The van der Waals surface area contributed by atoms with Crippen LogP contribution in [0.2, 0.25) is 0 Å². The van der Waals surface area contributed by atoms with Crippen molar-refractivity contribution in [2.24, 2.45) is 0 Å². The second-order valence-electron chi connectivity index (χ2n) is 10.1. The predicted octanol–water partition coefficient (Wildman–Crippen LogP) is 7.24. The van der Waals surface area contributed by atoms with E-state index in [-0.39, 0.29) is 5.41 Å². The van der Waals surface area contributed by atoms with E-state index >= 15 is 0 Å². The fraction of sp³-hybridized carbons (Fsp3) is 0.310. The number of fused-ring (bicyclic) bond motifs is 1. The second-order valence-corrected chi connectivity index (χ2v) is 11.2. The zero-order valence-corrected chi connectivity index (χ0v) is 21.7. The first kappa shape index (κ1) is 23.5. The molecule has 0 saturated carbocycles. The summed E-state index contributed by atoms with van der Waals surface area (Å²) in [4.78, 5) is 13.3.